The number of aryl methyl sites for hydroxylation is 1. The molecule has 3 aliphatic rings. The molecule has 5 atom stereocenters. The minimum atomic E-state index is -4.61. The van der Waals surface area contributed by atoms with Gasteiger partial charge < -0.3 is 9.29 Å². The van der Waals surface area contributed by atoms with Gasteiger partial charge in [0.05, 0.1) is 11.7 Å². The first-order valence-corrected chi connectivity index (χ1v) is 10.6. The third-order valence-electron chi connectivity index (χ3n) is 7.13. The van der Waals surface area contributed by atoms with Crippen molar-refractivity contribution in [3.05, 3.63) is 28.8 Å². The zero-order valence-corrected chi connectivity index (χ0v) is 15.6. The summed E-state index contributed by atoms with van der Waals surface area (Å²) in [7, 11) is -4.61. The van der Waals surface area contributed by atoms with Gasteiger partial charge in [-0.15, -0.1) is 6.42 Å². The quantitative estimate of drug-likeness (QED) is 0.612. The molecule has 0 aliphatic heterocycles. The number of aliphatic hydroxyl groups excluding tert-OH is 1. The van der Waals surface area contributed by atoms with Crippen LogP contribution in [0.5, 0.6) is 5.75 Å². The summed E-state index contributed by atoms with van der Waals surface area (Å²) >= 11 is 0. The maximum atomic E-state index is 11.1. The molecule has 1 aromatic rings. The van der Waals surface area contributed by atoms with E-state index < -0.39 is 10.4 Å². The first kappa shape index (κ1) is 17.8. The van der Waals surface area contributed by atoms with E-state index in [4.69, 9.17) is 11.0 Å². The Morgan fingerprint density at radius 2 is 2.04 bits per heavy atom. The van der Waals surface area contributed by atoms with Gasteiger partial charge in [-0.2, -0.15) is 8.42 Å². The van der Waals surface area contributed by atoms with Crippen molar-refractivity contribution in [3.8, 4) is 18.1 Å². The predicted molar refractivity (Wildman–Crippen MR) is 97.2 cm³/mol. The summed E-state index contributed by atoms with van der Waals surface area (Å²) in [6.45, 7) is 2.23. The molecule has 5 nitrogen and oxygen atoms in total. The van der Waals surface area contributed by atoms with E-state index >= 15 is 0 Å². The maximum absolute atomic E-state index is 11.1. The van der Waals surface area contributed by atoms with Crippen molar-refractivity contribution in [2.24, 2.45) is 17.3 Å². The largest absolute Gasteiger partial charge is 0.446 e. The van der Waals surface area contributed by atoms with Crippen molar-refractivity contribution in [1.82, 2.24) is 0 Å². The molecule has 0 amide bonds. The van der Waals surface area contributed by atoms with Gasteiger partial charge in [-0.25, -0.2) is 0 Å². The van der Waals surface area contributed by atoms with Gasteiger partial charge in [0.25, 0.3) is 0 Å². The van der Waals surface area contributed by atoms with Crippen LogP contribution in [-0.2, 0) is 16.8 Å². The Morgan fingerprint density at radius 3 is 2.73 bits per heavy atom. The van der Waals surface area contributed by atoms with E-state index in [1.807, 2.05) is 6.07 Å². The Balaban J connectivity index is 1.72. The molecule has 2 saturated carbocycles. The van der Waals surface area contributed by atoms with Gasteiger partial charge in [-0.1, -0.05) is 12.8 Å². The molecule has 0 unspecified atom stereocenters. The average Bonchev–Trinajstić information content (AvgIpc) is 2.88. The summed E-state index contributed by atoms with van der Waals surface area (Å²) in [5.41, 5.74) is 2.59. The second kappa shape index (κ2) is 5.98. The second-order valence-electron chi connectivity index (χ2n) is 8.26. The van der Waals surface area contributed by atoms with Crippen molar-refractivity contribution in [3.63, 3.8) is 0 Å². The summed E-state index contributed by atoms with van der Waals surface area (Å²) in [4.78, 5) is 0. The summed E-state index contributed by atoms with van der Waals surface area (Å²) in [5.74, 6) is 3.93. The van der Waals surface area contributed by atoms with E-state index in [9.17, 15) is 13.5 Å². The number of hydrogen-bond acceptors (Lipinski definition) is 4. The number of fused-ring (bicyclic) bond motifs is 5. The van der Waals surface area contributed by atoms with E-state index in [-0.39, 0.29) is 17.3 Å². The molecule has 0 saturated heterocycles. The summed E-state index contributed by atoms with van der Waals surface area (Å²) in [5, 5.41) is 10.5. The second-order valence-corrected chi connectivity index (χ2v) is 9.28. The number of terminal acetylenes is 1. The topological polar surface area (TPSA) is 83.8 Å². The lowest BCUT2D eigenvalue weighted by Crippen LogP contribution is -2.43. The van der Waals surface area contributed by atoms with Crippen LogP contribution in [0.15, 0.2) is 12.1 Å². The predicted octanol–water partition coefficient (Wildman–Crippen LogP) is 3.07. The van der Waals surface area contributed by atoms with Crippen LogP contribution >= 0.6 is 0 Å². The standard InChI is InChI=1S/C20H24O5S/c1-3-12-10-16-13(11-18(12)25-26(22,23)24)4-5-15-14(16)8-9-20(2)17(15)6-7-19(20)21/h1,10-11,14-15,17,19,21H,4-9H2,2H3,(H,22,23,24)/t14-,15+,17-,19+,20-/m0/s1. The van der Waals surface area contributed by atoms with Crippen molar-refractivity contribution in [2.75, 3.05) is 0 Å². The minimum absolute atomic E-state index is 0.0155. The highest BCUT2D eigenvalue weighted by Gasteiger charge is 2.54. The highest BCUT2D eigenvalue weighted by atomic mass is 32.3. The van der Waals surface area contributed by atoms with E-state index in [0.717, 1.165) is 44.1 Å². The van der Waals surface area contributed by atoms with Crippen LogP contribution in [0.2, 0.25) is 0 Å². The van der Waals surface area contributed by atoms with Gasteiger partial charge >= 0.3 is 10.4 Å². The van der Waals surface area contributed by atoms with Crippen molar-refractivity contribution < 1.29 is 22.3 Å². The molecule has 4 rings (SSSR count). The monoisotopic (exact) mass is 376 g/mol. The fraction of sp³-hybridized carbons (Fsp3) is 0.600. The molecule has 140 valence electrons. The number of rotatable bonds is 2. The molecule has 1 aromatic carbocycles. The third kappa shape index (κ3) is 2.74. The molecule has 0 bridgehead atoms. The average molecular weight is 376 g/mol. The van der Waals surface area contributed by atoms with Crippen LogP contribution in [-0.4, -0.2) is 24.2 Å². The molecule has 3 aliphatic carbocycles. The van der Waals surface area contributed by atoms with Crippen molar-refractivity contribution in [1.29, 1.82) is 0 Å². The Bertz CT molecular complexity index is 884. The molecule has 0 spiro atoms. The third-order valence-corrected chi connectivity index (χ3v) is 7.52. The van der Waals surface area contributed by atoms with Crippen LogP contribution < -0.4 is 4.18 Å². The van der Waals surface area contributed by atoms with Gasteiger partial charge in [0.2, 0.25) is 0 Å². The first-order valence-electron chi connectivity index (χ1n) is 9.21. The van der Waals surface area contributed by atoms with Crippen LogP contribution in [0.3, 0.4) is 0 Å². The Morgan fingerprint density at radius 1 is 1.27 bits per heavy atom. The summed E-state index contributed by atoms with van der Waals surface area (Å²) < 4.78 is 35.9. The molecule has 2 N–H and O–H groups in total. The Hall–Kier alpha value is -1.55. The highest BCUT2D eigenvalue weighted by molar-refractivity contribution is 7.81. The fourth-order valence-electron chi connectivity index (χ4n) is 5.87. The Kier molecular flexibility index (Phi) is 4.11. The van der Waals surface area contributed by atoms with Crippen LogP contribution in [0.1, 0.15) is 61.6 Å². The van der Waals surface area contributed by atoms with Crippen LogP contribution in [0, 0.1) is 29.6 Å². The molecule has 6 heteroatoms. The molecule has 26 heavy (non-hydrogen) atoms. The van der Waals surface area contributed by atoms with Gasteiger partial charge in [-0.3, -0.25) is 4.55 Å². The first-order chi connectivity index (χ1) is 12.2. The fourth-order valence-corrected chi connectivity index (χ4v) is 6.23. The smallest absolute Gasteiger partial charge is 0.393 e. The Labute approximate surface area is 154 Å². The van der Waals surface area contributed by atoms with E-state index in [1.165, 1.54) is 5.56 Å². The van der Waals surface area contributed by atoms with Crippen molar-refractivity contribution in [2.45, 2.75) is 57.5 Å². The summed E-state index contributed by atoms with van der Waals surface area (Å²) in [6, 6.07) is 3.53. The zero-order valence-electron chi connectivity index (χ0n) is 14.8. The van der Waals surface area contributed by atoms with Crippen LogP contribution in [0.4, 0.5) is 0 Å². The maximum Gasteiger partial charge on any atom is 0.446 e. The zero-order chi connectivity index (χ0) is 18.7. The van der Waals surface area contributed by atoms with E-state index in [2.05, 4.69) is 17.0 Å². The summed E-state index contributed by atoms with van der Waals surface area (Å²) in [6.07, 6.45) is 11.1. The van der Waals surface area contributed by atoms with Gasteiger partial charge in [0.15, 0.2) is 5.75 Å². The van der Waals surface area contributed by atoms with E-state index in [1.54, 1.807) is 6.07 Å². The highest BCUT2D eigenvalue weighted by Crippen LogP contribution is 2.61. The normalized spacial score (nSPS) is 35.8. The molecule has 0 aromatic heterocycles. The molecule has 0 heterocycles. The lowest BCUT2D eigenvalue weighted by Gasteiger charge is -2.50. The number of aliphatic hydroxyl groups is 1. The lowest BCUT2D eigenvalue weighted by molar-refractivity contribution is -0.0226. The molecule has 2 fully saturated rings. The number of hydrogen-bond donors (Lipinski definition) is 2. The molecular formula is C20H24O5S. The van der Waals surface area contributed by atoms with E-state index in [0.29, 0.717) is 23.3 Å². The van der Waals surface area contributed by atoms with Crippen LogP contribution in [0.25, 0.3) is 0 Å². The lowest BCUT2D eigenvalue weighted by atomic mass is 9.55. The number of benzene rings is 1. The molecular weight excluding hydrogens is 352 g/mol. The minimum Gasteiger partial charge on any atom is -0.393 e. The van der Waals surface area contributed by atoms with Crippen molar-refractivity contribution >= 4 is 10.4 Å². The SMILES string of the molecule is C#Cc1cc2c(cc1OS(=O)(=O)O)CC[C@@H]1[C@@H]2CC[C@]2(C)[C@H](O)CC[C@@H]12. The van der Waals surface area contributed by atoms with Gasteiger partial charge in [0, 0.05) is 0 Å². The van der Waals surface area contributed by atoms with Gasteiger partial charge in [-0.05, 0) is 85.0 Å². The van der Waals surface area contributed by atoms with Gasteiger partial charge in [0.1, 0.15) is 0 Å². The molecule has 0 radical (unpaired) electrons.